The molecule has 0 spiro atoms. The standard InChI is InChI=1S/C13H8ClFN6O/c14-13-20-11(10-12(21-13)18-5-17-10)16-4-6-3-7-8(22-6)1-2-9(15)19-7/h1-3,5H,4H2,(H2,16,17,18,20,21). The Morgan fingerprint density at radius 3 is 3.09 bits per heavy atom. The third-order valence-electron chi connectivity index (χ3n) is 3.08. The van der Waals surface area contributed by atoms with E-state index in [9.17, 15) is 4.39 Å². The van der Waals surface area contributed by atoms with Crippen LogP contribution in [0.2, 0.25) is 5.28 Å². The van der Waals surface area contributed by atoms with Crippen molar-refractivity contribution in [1.82, 2.24) is 24.9 Å². The molecule has 0 bridgehead atoms. The number of nitrogens with one attached hydrogen (secondary N) is 2. The fourth-order valence-electron chi connectivity index (χ4n) is 2.14. The molecule has 0 aliphatic carbocycles. The Kier molecular flexibility index (Phi) is 2.90. The van der Waals surface area contributed by atoms with Gasteiger partial charge in [-0.05, 0) is 23.7 Å². The van der Waals surface area contributed by atoms with E-state index in [2.05, 4.69) is 30.2 Å². The molecule has 22 heavy (non-hydrogen) atoms. The summed E-state index contributed by atoms with van der Waals surface area (Å²) in [4.78, 5) is 18.8. The van der Waals surface area contributed by atoms with Crippen molar-refractivity contribution in [3.8, 4) is 0 Å². The summed E-state index contributed by atoms with van der Waals surface area (Å²) in [5.74, 6) is 0.553. The molecule has 0 saturated carbocycles. The number of halogens is 2. The molecule has 4 rings (SSSR count). The Balaban J connectivity index is 1.63. The fraction of sp³-hybridized carbons (Fsp3) is 0.0769. The molecule has 0 aromatic carbocycles. The quantitative estimate of drug-likeness (QED) is 0.445. The number of fused-ring (bicyclic) bond motifs is 2. The Morgan fingerprint density at radius 2 is 2.18 bits per heavy atom. The van der Waals surface area contributed by atoms with Gasteiger partial charge < -0.3 is 14.7 Å². The van der Waals surface area contributed by atoms with Crippen molar-refractivity contribution in [2.45, 2.75) is 6.54 Å². The van der Waals surface area contributed by atoms with Gasteiger partial charge in [0.1, 0.15) is 16.8 Å². The molecule has 0 unspecified atom stereocenters. The molecule has 4 aromatic rings. The summed E-state index contributed by atoms with van der Waals surface area (Å²) < 4.78 is 18.6. The maximum atomic E-state index is 13.1. The van der Waals surface area contributed by atoms with E-state index in [0.717, 1.165) is 0 Å². The van der Waals surface area contributed by atoms with E-state index in [1.807, 2.05) is 0 Å². The van der Waals surface area contributed by atoms with Gasteiger partial charge in [-0.1, -0.05) is 0 Å². The highest BCUT2D eigenvalue weighted by Crippen LogP contribution is 2.21. The first-order valence-corrected chi connectivity index (χ1v) is 6.72. The van der Waals surface area contributed by atoms with E-state index in [4.69, 9.17) is 16.0 Å². The van der Waals surface area contributed by atoms with Crippen molar-refractivity contribution in [1.29, 1.82) is 0 Å². The minimum absolute atomic E-state index is 0.0930. The molecular formula is C13H8ClFN6O. The van der Waals surface area contributed by atoms with Gasteiger partial charge in [0.2, 0.25) is 11.2 Å². The lowest BCUT2D eigenvalue weighted by molar-refractivity contribution is 0.555. The van der Waals surface area contributed by atoms with Gasteiger partial charge in [0.05, 0.1) is 12.9 Å². The number of hydrogen-bond donors (Lipinski definition) is 2. The van der Waals surface area contributed by atoms with Crippen LogP contribution in [0.25, 0.3) is 22.3 Å². The number of hydrogen-bond acceptors (Lipinski definition) is 6. The number of pyridine rings is 1. The number of aromatic nitrogens is 5. The molecule has 2 N–H and O–H groups in total. The molecular weight excluding hydrogens is 311 g/mol. The SMILES string of the molecule is Fc1ccc2oc(CNc3nc(Cl)nc4nc[nH]c34)cc2n1. The first-order chi connectivity index (χ1) is 10.7. The molecule has 4 aromatic heterocycles. The monoisotopic (exact) mass is 318 g/mol. The van der Waals surface area contributed by atoms with E-state index in [0.29, 0.717) is 40.4 Å². The van der Waals surface area contributed by atoms with Crippen molar-refractivity contribution in [2.75, 3.05) is 5.32 Å². The number of H-pyrrole nitrogens is 1. The van der Waals surface area contributed by atoms with Crippen LogP contribution in [0.4, 0.5) is 10.2 Å². The molecule has 0 fully saturated rings. The van der Waals surface area contributed by atoms with Gasteiger partial charge in [-0.2, -0.15) is 14.4 Å². The summed E-state index contributed by atoms with van der Waals surface area (Å²) in [6, 6.07) is 4.45. The second kappa shape index (κ2) is 4.92. The third kappa shape index (κ3) is 2.23. The van der Waals surface area contributed by atoms with Crippen LogP contribution in [0.15, 0.2) is 28.9 Å². The van der Waals surface area contributed by atoms with Crippen LogP contribution in [0.5, 0.6) is 0 Å². The highest BCUT2D eigenvalue weighted by molar-refractivity contribution is 6.28. The van der Waals surface area contributed by atoms with Gasteiger partial charge in [-0.3, -0.25) is 0 Å². The van der Waals surface area contributed by atoms with Crippen LogP contribution in [0, 0.1) is 5.95 Å². The second-order valence-electron chi connectivity index (χ2n) is 4.53. The number of rotatable bonds is 3. The molecule has 7 nitrogen and oxygen atoms in total. The maximum Gasteiger partial charge on any atom is 0.226 e. The van der Waals surface area contributed by atoms with Gasteiger partial charge in [0.15, 0.2) is 17.0 Å². The van der Waals surface area contributed by atoms with Crippen LogP contribution in [-0.2, 0) is 6.54 Å². The van der Waals surface area contributed by atoms with E-state index >= 15 is 0 Å². The van der Waals surface area contributed by atoms with E-state index in [1.54, 1.807) is 6.07 Å². The molecule has 0 atom stereocenters. The number of nitrogens with zero attached hydrogens (tertiary/aromatic N) is 4. The van der Waals surface area contributed by atoms with Crippen molar-refractivity contribution in [2.24, 2.45) is 0 Å². The number of imidazole rings is 1. The van der Waals surface area contributed by atoms with Crippen molar-refractivity contribution in [3.63, 3.8) is 0 Å². The van der Waals surface area contributed by atoms with Gasteiger partial charge >= 0.3 is 0 Å². The Hall–Kier alpha value is -2.74. The molecule has 0 saturated heterocycles. The summed E-state index contributed by atoms with van der Waals surface area (Å²) in [5.41, 5.74) is 2.09. The molecule has 4 heterocycles. The second-order valence-corrected chi connectivity index (χ2v) is 4.86. The first kappa shape index (κ1) is 13.0. The summed E-state index contributed by atoms with van der Waals surface area (Å²) >= 11 is 5.85. The smallest absolute Gasteiger partial charge is 0.226 e. The zero-order valence-electron chi connectivity index (χ0n) is 11.0. The summed E-state index contributed by atoms with van der Waals surface area (Å²) in [6.45, 7) is 0.333. The van der Waals surface area contributed by atoms with Gasteiger partial charge in [-0.25, -0.2) is 9.97 Å². The molecule has 110 valence electrons. The highest BCUT2D eigenvalue weighted by Gasteiger charge is 2.10. The van der Waals surface area contributed by atoms with Crippen LogP contribution in [0.3, 0.4) is 0 Å². The van der Waals surface area contributed by atoms with E-state index < -0.39 is 5.95 Å². The minimum Gasteiger partial charge on any atom is -0.457 e. The predicted octanol–water partition coefficient (Wildman–Crippen LogP) is 2.90. The summed E-state index contributed by atoms with van der Waals surface area (Å²) in [6.07, 6.45) is 1.51. The van der Waals surface area contributed by atoms with Gasteiger partial charge in [0, 0.05) is 6.07 Å². The van der Waals surface area contributed by atoms with E-state index in [1.165, 1.54) is 18.5 Å². The van der Waals surface area contributed by atoms with Crippen molar-refractivity contribution < 1.29 is 8.81 Å². The largest absolute Gasteiger partial charge is 0.457 e. The zero-order chi connectivity index (χ0) is 15.1. The third-order valence-corrected chi connectivity index (χ3v) is 3.25. The lowest BCUT2D eigenvalue weighted by Crippen LogP contribution is -2.02. The topological polar surface area (TPSA) is 92.5 Å². The van der Waals surface area contributed by atoms with Crippen LogP contribution < -0.4 is 5.32 Å². The Labute approximate surface area is 127 Å². The fourth-order valence-corrected chi connectivity index (χ4v) is 2.31. The molecule has 0 aliphatic heterocycles. The Morgan fingerprint density at radius 1 is 1.27 bits per heavy atom. The van der Waals surface area contributed by atoms with Gasteiger partial charge in [-0.15, -0.1) is 0 Å². The van der Waals surface area contributed by atoms with Crippen molar-refractivity contribution >= 4 is 39.7 Å². The maximum absolute atomic E-state index is 13.1. The average Bonchev–Trinajstić information content (AvgIpc) is 3.10. The Bertz CT molecular complexity index is 981. The normalized spacial score (nSPS) is 11.4. The summed E-state index contributed by atoms with van der Waals surface area (Å²) in [5, 5.41) is 3.18. The zero-order valence-corrected chi connectivity index (χ0v) is 11.7. The highest BCUT2D eigenvalue weighted by atomic mass is 35.5. The average molecular weight is 319 g/mol. The predicted molar refractivity (Wildman–Crippen MR) is 78.0 cm³/mol. The van der Waals surface area contributed by atoms with Crippen LogP contribution in [-0.4, -0.2) is 24.9 Å². The van der Waals surface area contributed by atoms with E-state index in [-0.39, 0.29) is 5.28 Å². The molecule has 9 heteroatoms. The molecule has 0 amide bonds. The summed E-state index contributed by atoms with van der Waals surface area (Å²) in [7, 11) is 0. The van der Waals surface area contributed by atoms with Gasteiger partial charge in [0.25, 0.3) is 0 Å². The number of aromatic amines is 1. The number of anilines is 1. The molecule has 0 aliphatic rings. The first-order valence-electron chi connectivity index (χ1n) is 6.34. The van der Waals surface area contributed by atoms with Crippen LogP contribution >= 0.6 is 11.6 Å². The lowest BCUT2D eigenvalue weighted by atomic mass is 10.3. The number of furan rings is 1. The molecule has 0 radical (unpaired) electrons. The minimum atomic E-state index is -0.547. The van der Waals surface area contributed by atoms with Crippen molar-refractivity contribution in [3.05, 3.63) is 41.5 Å². The van der Waals surface area contributed by atoms with Crippen LogP contribution in [0.1, 0.15) is 5.76 Å². The lowest BCUT2D eigenvalue weighted by Gasteiger charge is -2.04.